The number of halogens is 1. The van der Waals surface area contributed by atoms with Crippen LogP contribution in [-0.4, -0.2) is 42.4 Å². The van der Waals surface area contributed by atoms with Crippen LogP contribution in [0.5, 0.6) is 0 Å². The van der Waals surface area contributed by atoms with E-state index in [0.717, 1.165) is 17.9 Å². The van der Waals surface area contributed by atoms with Gasteiger partial charge in [-0.1, -0.05) is 12.1 Å². The zero-order chi connectivity index (χ0) is 13.7. The van der Waals surface area contributed by atoms with Crippen molar-refractivity contribution in [3.8, 4) is 0 Å². The number of thioether (sulfide) groups is 1. The van der Waals surface area contributed by atoms with E-state index in [9.17, 15) is 9.18 Å². The molecule has 1 fully saturated rings. The Hall–Kier alpha value is -1.07. The van der Waals surface area contributed by atoms with Crippen molar-refractivity contribution in [3.05, 3.63) is 35.6 Å². The average Bonchev–Trinajstić information content (AvgIpc) is 2.45. The summed E-state index contributed by atoms with van der Waals surface area (Å²) in [5.74, 6) is 0.739. The van der Waals surface area contributed by atoms with Gasteiger partial charge in [0.25, 0.3) is 0 Å². The summed E-state index contributed by atoms with van der Waals surface area (Å²) in [5.41, 5.74) is 0.865. The first kappa shape index (κ1) is 14.3. The van der Waals surface area contributed by atoms with Crippen LogP contribution in [0.3, 0.4) is 0 Å². The summed E-state index contributed by atoms with van der Waals surface area (Å²) in [6.45, 7) is 2.18. The van der Waals surface area contributed by atoms with E-state index in [4.69, 9.17) is 0 Å². The fourth-order valence-electron chi connectivity index (χ4n) is 2.35. The third-order valence-electron chi connectivity index (χ3n) is 3.32. The zero-order valence-corrected chi connectivity index (χ0v) is 11.9. The number of amides is 1. The van der Waals surface area contributed by atoms with Gasteiger partial charge in [-0.3, -0.25) is 4.79 Å². The Labute approximate surface area is 117 Å². The van der Waals surface area contributed by atoms with Crippen LogP contribution in [-0.2, 0) is 4.79 Å². The van der Waals surface area contributed by atoms with Crippen LogP contribution >= 0.6 is 11.8 Å². The molecule has 1 amide bonds. The van der Waals surface area contributed by atoms with Crippen molar-refractivity contribution in [2.45, 2.75) is 12.5 Å². The fraction of sp³-hybridized carbons (Fsp3) is 0.500. The molecule has 0 bridgehead atoms. The van der Waals surface area contributed by atoms with Crippen molar-refractivity contribution in [2.75, 3.05) is 31.6 Å². The number of piperazine rings is 1. The molecule has 19 heavy (non-hydrogen) atoms. The standard InChI is InChI=1S/C14H19FN2OS/c1-19-8-5-14(18)17-7-6-16-10-13(17)11-3-2-4-12(15)9-11/h2-4,9,13,16H,5-8,10H2,1H3. The average molecular weight is 282 g/mol. The van der Waals surface area contributed by atoms with E-state index in [1.54, 1.807) is 17.8 Å². The van der Waals surface area contributed by atoms with E-state index in [0.29, 0.717) is 19.5 Å². The molecule has 1 aromatic carbocycles. The highest BCUT2D eigenvalue weighted by Crippen LogP contribution is 2.23. The zero-order valence-electron chi connectivity index (χ0n) is 11.1. The Morgan fingerprint density at radius 3 is 3.16 bits per heavy atom. The summed E-state index contributed by atoms with van der Waals surface area (Å²) in [6, 6.07) is 6.48. The molecule has 1 heterocycles. The second-order valence-corrected chi connectivity index (χ2v) is 5.59. The van der Waals surface area contributed by atoms with Crippen molar-refractivity contribution in [1.82, 2.24) is 10.2 Å². The fourth-order valence-corrected chi connectivity index (χ4v) is 2.73. The topological polar surface area (TPSA) is 32.3 Å². The molecule has 0 saturated carbocycles. The number of nitrogens with zero attached hydrogens (tertiary/aromatic N) is 1. The Kier molecular flexibility index (Phi) is 5.22. The van der Waals surface area contributed by atoms with Gasteiger partial charge in [0, 0.05) is 31.8 Å². The quantitative estimate of drug-likeness (QED) is 0.917. The maximum atomic E-state index is 13.3. The van der Waals surface area contributed by atoms with Crippen LogP contribution in [0.4, 0.5) is 4.39 Å². The minimum atomic E-state index is -0.250. The number of hydrogen-bond donors (Lipinski definition) is 1. The number of rotatable bonds is 4. The Balaban J connectivity index is 2.13. The third-order valence-corrected chi connectivity index (χ3v) is 3.93. The lowest BCUT2D eigenvalue weighted by molar-refractivity contribution is -0.134. The van der Waals surface area contributed by atoms with Crippen LogP contribution in [0.2, 0.25) is 0 Å². The van der Waals surface area contributed by atoms with Gasteiger partial charge in [-0.25, -0.2) is 4.39 Å². The maximum absolute atomic E-state index is 13.3. The normalized spacial score (nSPS) is 19.5. The van der Waals surface area contributed by atoms with Gasteiger partial charge in [0.1, 0.15) is 5.82 Å². The van der Waals surface area contributed by atoms with Crippen LogP contribution in [0.1, 0.15) is 18.0 Å². The number of carbonyl (C=O) groups is 1. The molecule has 1 saturated heterocycles. The van der Waals surface area contributed by atoms with Gasteiger partial charge < -0.3 is 10.2 Å². The van der Waals surface area contributed by atoms with Crippen molar-refractivity contribution in [2.24, 2.45) is 0 Å². The Bertz CT molecular complexity index is 441. The highest BCUT2D eigenvalue weighted by Gasteiger charge is 2.27. The Morgan fingerprint density at radius 1 is 1.58 bits per heavy atom. The van der Waals surface area contributed by atoms with Crippen LogP contribution in [0.15, 0.2) is 24.3 Å². The predicted molar refractivity (Wildman–Crippen MR) is 76.7 cm³/mol. The van der Waals surface area contributed by atoms with Gasteiger partial charge in [0.15, 0.2) is 0 Å². The molecule has 0 aromatic heterocycles. The first-order valence-corrected chi connectivity index (χ1v) is 7.86. The lowest BCUT2D eigenvalue weighted by Gasteiger charge is -2.36. The molecule has 1 aliphatic heterocycles. The number of hydrogen-bond acceptors (Lipinski definition) is 3. The first-order chi connectivity index (χ1) is 9.22. The van der Waals surface area contributed by atoms with E-state index < -0.39 is 0 Å². The highest BCUT2D eigenvalue weighted by molar-refractivity contribution is 7.98. The van der Waals surface area contributed by atoms with Crippen LogP contribution in [0, 0.1) is 5.82 Å². The highest BCUT2D eigenvalue weighted by atomic mass is 32.2. The second-order valence-electron chi connectivity index (χ2n) is 4.60. The van der Waals surface area contributed by atoms with Crippen LogP contribution in [0.25, 0.3) is 0 Å². The van der Waals surface area contributed by atoms with Crippen molar-refractivity contribution >= 4 is 17.7 Å². The lowest BCUT2D eigenvalue weighted by atomic mass is 10.0. The lowest BCUT2D eigenvalue weighted by Crippen LogP contribution is -2.48. The van der Waals surface area contributed by atoms with Crippen molar-refractivity contribution < 1.29 is 9.18 Å². The minimum absolute atomic E-state index is 0.0567. The molecule has 104 valence electrons. The summed E-state index contributed by atoms with van der Waals surface area (Å²) in [7, 11) is 0. The molecule has 1 atom stereocenters. The Morgan fingerprint density at radius 2 is 2.42 bits per heavy atom. The van der Waals surface area contributed by atoms with E-state index in [-0.39, 0.29) is 17.8 Å². The summed E-state index contributed by atoms with van der Waals surface area (Å²) in [6.07, 6.45) is 2.54. The molecule has 0 spiro atoms. The van der Waals surface area contributed by atoms with E-state index >= 15 is 0 Å². The summed E-state index contributed by atoms with van der Waals surface area (Å²) in [5, 5.41) is 3.27. The van der Waals surface area contributed by atoms with Gasteiger partial charge in [-0.15, -0.1) is 0 Å². The van der Waals surface area contributed by atoms with Crippen LogP contribution < -0.4 is 5.32 Å². The molecule has 2 rings (SSSR count). The summed E-state index contributed by atoms with van der Waals surface area (Å²) in [4.78, 5) is 14.1. The van der Waals surface area contributed by atoms with E-state index in [1.165, 1.54) is 12.1 Å². The predicted octanol–water partition coefficient (Wildman–Crippen LogP) is 2.05. The third kappa shape index (κ3) is 3.70. The molecule has 1 aromatic rings. The number of nitrogens with one attached hydrogen (secondary N) is 1. The number of benzene rings is 1. The van der Waals surface area contributed by atoms with E-state index in [2.05, 4.69) is 5.32 Å². The molecule has 3 nitrogen and oxygen atoms in total. The summed E-state index contributed by atoms with van der Waals surface area (Å²) >= 11 is 1.67. The van der Waals surface area contributed by atoms with Crippen molar-refractivity contribution in [3.63, 3.8) is 0 Å². The van der Waals surface area contributed by atoms with Gasteiger partial charge in [0.05, 0.1) is 6.04 Å². The largest absolute Gasteiger partial charge is 0.333 e. The van der Waals surface area contributed by atoms with Gasteiger partial charge in [0.2, 0.25) is 5.91 Å². The first-order valence-electron chi connectivity index (χ1n) is 6.47. The molecule has 1 aliphatic rings. The minimum Gasteiger partial charge on any atom is -0.333 e. The maximum Gasteiger partial charge on any atom is 0.224 e. The molecule has 1 N–H and O–H groups in total. The molecular weight excluding hydrogens is 263 g/mol. The SMILES string of the molecule is CSCCC(=O)N1CCNCC1c1cccc(F)c1. The monoisotopic (exact) mass is 282 g/mol. The smallest absolute Gasteiger partial charge is 0.224 e. The van der Waals surface area contributed by atoms with E-state index in [1.807, 2.05) is 17.2 Å². The second kappa shape index (κ2) is 6.91. The molecule has 0 radical (unpaired) electrons. The van der Waals surface area contributed by atoms with Gasteiger partial charge in [-0.05, 0) is 24.0 Å². The number of carbonyl (C=O) groups excluding carboxylic acids is 1. The molecule has 1 unspecified atom stereocenters. The van der Waals surface area contributed by atoms with Crippen molar-refractivity contribution in [1.29, 1.82) is 0 Å². The summed E-state index contributed by atoms with van der Waals surface area (Å²) < 4.78 is 13.3. The molecule has 5 heteroatoms. The molecule has 0 aliphatic carbocycles. The van der Waals surface area contributed by atoms with Gasteiger partial charge in [-0.2, -0.15) is 11.8 Å². The van der Waals surface area contributed by atoms with Gasteiger partial charge >= 0.3 is 0 Å². The molecular formula is C14H19FN2OS.